The number of nitrogens with two attached hydrogens (primary N) is 1. The molecule has 6 heteroatoms. The molecule has 0 aliphatic heterocycles. The molecule has 2 aromatic heterocycles. The Kier molecular flexibility index (Phi) is 2.06. The highest BCUT2D eigenvalue weighted by atomic mass is 15.4. The van der Waals surface area contributed by atoms with Crippen LogP contribution in [-0.4, -0.2) is 19.7 Å². The lowest BCUT2D eigenvalue weighted by Gasteiger charge is -2.05. The molecule has 0 unspecified atom stereocenters. The molecular weight excluding hydrogens is 192 g/mol. The highest BCUT2D eigenvalue weighted by Gasteiger charge is 2.07. The fraction of sp³-hybridized carbons (Fsp3) is 0.111. The largest absolute Gasteiger partial charge is 0.395 e. The van der Waals surface area contributed by atoms with Gasteiger partial charge in [0.15, 0.2) is 5.82 Å². The first kappa shape index (κ1) is 9.15. The summed E-state index contributed by atoms with van der Waals surface area (Å²) in [6.07, 6.45) is 3.05. The second-order valence-electron chi connectivity index (χ2n) is 2.99. The molecule has 0 saturated carbocycles. The minimum atomic E-state index is 0.0951. The smallest absolute Gasteiger partial charge is 0.252 e. The third kappa shape index (κ3) is 1.50. The molecule has 0 aliphatic carbocycles. The van der Waals surface area contributed by atoms with Crippen molar-refractivity contribution in [2.45, 2.75) is 6.92 Å². The van der Waals surface area contributed by atoms with Gasteiger partial charge in [-0.2, -0.15) is 9.94 Å². The first-order valence-corrected chi connectivity index (χ1v) is 4.25. The molecule has 2 heterocycles. The summed E-state index contributed by atoms with van der Waals surface area (Å²) < 4.78 is 1.39. The van der Waals surface area contributed by atoms with Gasteiger partial charge in [-0.15, -0.1) is 5.10 Å². The summed E-state index contributed by atoms with van der Waals surface area (Å²) in [6, 6.07) is 3.65. The molecule has 0 aliphatic rings. The summed E-state index contributed by atoms with van der Waals surface area (Å²) in [4.78, 5) is 7.86. The van der Waals surface area contributed by atoms with E-state index < -0.39 is 0 Å². The van der Waals surface area contributed by atoms with Crippen LogP contribution in [0.2, 0.25) is 0 Å². The van der Waals surface area contributed by atoms with E-state index in [9.17, 15) is 0 Å². The molecule has 0 fully saturated rings. The maximum atomic E-state index is 8.58. The van der Waals surface area contributed by atoms with Gasteiger partial charge in [0.1, 0.15) is 12.4 Å². The zero-order valence-electron chi connectivity index (χ0n) is 8.05. The van der Waals surface area contributed by atoms with Crippen LogP contribution in [0.1, 0.15) is 11.4 Å². The van der Waals surface area contributed by atoms with Crippen LogP contribution in [-0.2, 0) is 0 Å². The lowest BCUT2D eigenvalue weighted by atomic mass is 10.2. The molecule has 0 saturated heterocycles. The number of nitrogen functional groups attached to an aromatic ring is 1. The van der Waals surface area contributed by atoms with Crippen molar-refractivity contribution in [1.82, 2.24) is 19.7 Å². The van der Waals surface area contributed by atoms with E-state index in [1.54, 1.807) is 12.3 Å². The Balaban J connectivity index is 2.55. The minimum Gasteiger partial charge on any atom is -0.395 e. The van der Waals surface area contributed by atoms with Gasteiger partial charge < -0.3 is 5.73 Å². The van der Waals surface area contributed by atoms with Crippen molar-refractivity contribution in [1.29, 1.82) is 5.26 Å². The third-order valence-electron chi connectivity index (χ3n) is 2.00. The first-order valence-electron chi connectivity index (χ1n) is 4.25. The molecule has 2 aromatic rings. The Morgan fingerprint density at radius 2 is 2.27 bits per heavy atom. The number of nitriles is 1. The number of hydrogen-bond donors (Lipinski definition) is 1. The van der Waals surface area contributed by atoms with E-state index in [4.69, 9.17) is 11.0 Å². The molecule has 0 atom stereocenters. The standard InChI is InChI=1S/C9H8N6/c1-6-2-3-12-9(8(6)11)15-5-13-7(4-10)14-15/h2-3,5H,11H2,1H3. The fourth-order valence-corrected chi connectivity index (χ4v) is 1.15. The van der Waals surface area contributed by atoms with Crippen molar-refractivity contribution in [2.75, 3.05) is 5.73 Å². The third-order valence-corrected chi connectivity index (χ3v) is 2.00. The molecule has 0 bridgehead atoms. The van der Waals surface area contributed by atoms with E-state index in [-0.39, 0.29) is 5.82 Å². The topological polar surface area (TPSA) is 93.4 Å². The molecule has 15 heavy (non-hydrogen) atoms. The monoisotopic (exact) mass is 200 g/mol. The van der Waals surface area contributed by atoms with Crippen LogP contribution in [0.3, 0.4) is 0 Å². The van der Waals surface area contributed by atoms with E-state index in [1.807, 2.05) is 13.0 Å². The Hall–Kier alpha value is -2.42. The van der Waals surface area contributed by atoms with Gasteiger partial charge in [-0.3, -0.25) is 0 Å². The Morgan fingerprint density at radius 1 is 1.47 bits per heavy atom. The number of aromatic nitrogens is 4. The van der Waals surface area contributed by atoms with Crippen LogP contribution in [0.4, 0.5) is 5.69 Å². The van der Waals surface area contributed by atoms with Gasteiger partial charge in [-0.05, 0) is 18.6 Å². The van der Waals surface area contributed by atoms with Crippen LogP contribution in [0, 0.1) is 18.3 Å². The first-order chi connectivity index (χ1) is 7.22. The number of aryl methyl sites for hydroxylation is 1. The van der Waals surface area contributed by atoms with E-state index in [1.165, 1.54) is 11.0 Å². The van der Waals surface area contributed by atoms with Crippen molar-refractivity contribution in [2.24, 2.45) is 0 Å². The van der Waals surface area contributed by atoms with Crippen molar-refractivity contribution in [3.63, 3.8) is 0 Å². The lowest BCUT2D eigenvalue weighted by Crippen LogP contribution is -2.04. The fourth-order valence-electron chi connectivity index (χ4n) is 1.15. The van der Waals surface area contributed by atoms with E-state index in [2.05, 4.69) is 15.1 Å². The van der Waals surface area contributed by atoms with Gasteiger partial charge in [0.25, 0.3) is 5.82 Å². The highest BCUT2D eigenvalue weighted by molar-refractivity contribution is 5.57. The average molecular weight is 200 g/mol. The Morgan fingerprint density at radius 3 is 2.93 bits per heavy atom. The van der Waals surface area contributed by atoms with E-state index >= 15 is 0 Å². The van der Waals surface area contributed by atoms with Crippen LogP contribution >= 0.6 is 0 Å². The number of rotatable bonds is 1. The predicted octanol–water partition coefficient (Wildman–Crippen LogP) is 0.425. The molecule has 0 amide bonds. The summed E-state index contributed by atoms with van der Waals surface area (Å²) in [5, 5.41) is 12.5. The number of pyridine rings is 1. The zero-order valence-corrected chi connectivity index (χ0v) is 8.05. The van der Waals surface area contributed by atoms with Gasteiger partial charge in [0.2, 0.25) is 0 Å². The van der Waals surface area contributed by atoms with Gasteiger partial charge in [0.05, 0.1) is 5.69 Å². The summed E-state index contributed by atoms with van der Waals surface area (Å²) in [7, 11) is 0. The number of nitrogens with zero attached hydrogens (tertiary/aromatic N) is 5. The molecule has 0 radical (unpaired) electrons. The normalized spacial score (nSPS) is 9.87. The number of anilines is 1. The zero-order chi connectivity index (χ0) is 10.8. The maximum Gasteiger partial charge on any atom is 0.252 e. The second kappa shape index (κ2) is 3.38. The number of hydrogen-bond acceptors (Lipinski definition) is 5. The molecule has 0 spiro atoms. The predicted molar refractivity (Wildman–Crippen MR) is 53.0 cm³/mol. The van der Waals surface area contributed by atoms with Crippen LogP contribution in [0.15, 0.2) is 18.6 Å². The van der Waals surface area contributed by atoms with Gasteiger partial charge in [-0.1, -0.05) is 0 Å². The van der Waals surface area contributed by atoms with E-state index in [0.29, 0.717) is 11.5 Å². The summed E-state index contributed by atoms with van der Waals surface area (Å²) >= 11 is 0. The minimum absolute atomic E-state index is 0.0951. The van der Waals surface area contributed by atoms with Gasteiger partial charge in [-0.25, -0.2) is 9.97 Å². The highest BCUT2D eigenvalue weighted by Crippen LogP contribution is 2.16. The SMILES string of the molecule is Cc1ccnc(-n2cnc(C#N)n2)c1N. The van der Waals surface area contributed by atoms with Gasteiger partial charge >= 0.3 is 0 Å². The second-order valence-corrected chi connectivity index (χ2v) is 2.99. The Labute approximate surface area is 86.0 Å². The van der Waals surface area contributed by atoms with Crippen LogP contribution in [0.25, 0.3) is 5.82 Å². The molecule has 0 aromatic carbocycles. The lowest BCUT2D eigenvalue weighted by molar-refractivity contribution is 0.841. The molecule has 2 rings (SSSR count). The van der Waals surface area contributed by atoms with Crippen LogP contribution < -0.4 is 5.73 Å². The van der Waals surface area contributed by atoms with Crippen LogP contribution in [0.5, 0.6) is 0 Å². The molecule has 2 N–H and O–H groups in total. The maximum absolute atomic E-state index is 8.58. The Bertz CT molecular complexity index is 536. The summed E-state index contributed by atoms with van der Waals surface area (Å²) in [5.74, 6) is 0.585. The van der Waals surface area contributed by atoms with Crippen molar-refractivity contribution < 1.29 is 0 Å². The molecular formula is C9H8N6. The van der Waals surface area contributed by atoms with Crippen molar-refractivity contribution >= 4 is 5.69 Å². The van der Waals surface area contributed by atoms with Crippen molar-refractivity contribution in [3.05, 3.63) is 30.0 Å². The van der Waals surface area contributed by atoms with Gasteiger partial charge in [0, 0.05) is 6.20 Å². The van der Waals surface area contributed by atoms with E-state index in [0.717, 1.165) is 5.56 Å². The molecule has 74 valence electrons. The quantitative estimate of drug-likeness (QED) is 0.720. The average Bonchev–Trinajstić information content (AvgIpc) is 2.70. The van der Waals surface area contributed by atoms with Crippen molar-refractivity contribution in [3.8, 4) is 11.9 Å². The molecule has 6 nitrogen and oxygen atoms in total. The summed E-state index contributed by atoms with van der Waals surface area (Å²) in [6.45, 7) is 1.88. The summed E-state index contributed by atoms with van der Waals surface area (Å²) in [5.41, 5.74) is 7.28.